The third-order valence-electron chi connectivity index (χ3n) is 2.36. The summed E-state index contributed by atoms with van der Waals surface area (Å²) in [4.78, 5) is 23.1. The van der Waals surface area contributed by atoms with E-state index in [1.54, 1.807) is 11.3 Å². The molecule has 0 saturated carbocycles. The third kappa shape index (κ3) is 2.28. The van der Waals surface area contributed by atoms with Gasteiger partial charge in [-0.1, -0.05) is 0 Å². The van der Waals surface area contributed by atoms with Crippen molar-refractivity contribution in [2.45, 2.75) is 6.54 Å². The van der Waals surface area contributed by atoms with Gasteiger partial charge in [-0.05, 0) is 22.4 Å². The van der Waals surface area contributed by atoms with Gasteiger partial charge in [0.05, 0.1) is 0 Å². The second kappa shape index (κ2) is 4.54. The second-order valence-corrected chi connectivity index (χ2v) is 4.38. The first-order chi connectivity index (χ1) is 8.09. The fraction of sp³-hybridized carbons (Fsp3) is 0.300. The molecule has 0 aliphatic carbocycles. The minimum absolute atomic E-state index is 0.181. The average molecular weight is 252 g/mol. The van der Waals surface area contributed by atoms with Crippen LogP contribution < -0.4 is 16.6 Å². The van der Waals surface area contributed by atoms with E-state index in [4.69, 9.17) is 0 Å². The normalized spacial score (nSPS) is 10.5. The van der Waals surface area contributed by atoms with E-state index in [0.717, 1.165) is 14.8 Å². The van der Waals surface area contributed by atoms with Crippen molar-refractivity contribution in [1.29, 1.82) is 0 Å². The second-order valence-electron chi connectivity index (χ2n) is 3.60. The largest absolute Gasteiger partial charge is 0.360 e. The number of thiophene rings is 1. The van der Waals surface area contributed by atoms with Gasteiger partial charge in [0.15, 0.2) is 0 Å². The summed E-state index contributed by atoms with van der Waals surface area (Å²) in [5.41, 5.74) is 0.229. The Morgan fingerprint density at radius 1 is 1.41 bits per heavy atom. The van der Waals surface area contributed by atoms with Crippen molar-refractivity contribution < 1.29 is 0 Å². The summed E-state index contributed by atoms with van der Waals surface area (Å²) in [6, 6.07) is 1.96. The number of hydrogen-bond acceptors (Lipinski definition) is 5. The quantitative estimate of drug-likeness (QED) is 0.844. The van der Waals surface area contributed by atoms with Crippen molar-refractivity contribution in [2.75, 3.05) is 5.32 Å². The zero-order valence-electron chi connectivity index (χ0n) is 9.51. The lowest BCUT2D eigenvalue weighted by Gasteiger charge is -2.06. The average Bonchev–Trinajstić information content (AvgIpc) is 2.82. The maximum Gasteiger partial charge on any atom is 0.346 e. The highest BCUT2D eigenvalue weighted by atomic mass is 32.1. The van der Waals surface area contributed by atoms with Crippen LogP contribution in [0.15, 0.2) is 26.4 Å². The minimum atomic E-state index is -0.434. The number of rotatable bonds is 3. The Bertz CT molecular complexity index is 627. The maximum atomic E-state index is 11.7. The summed E-state index contributed by atoms with van der Waals surface area (Å²) in [6.07, 6.45) is 0. The number of hydrogen-bond donors (Lipinski definition) is 1. The van der Waals surface area contributed by atoms with Gasteiger partial charge < -0.3 is 5.32 Å². The zero-order valence-corrected chi connectivity index (χ0v) is 10.3. The monoisotopic (exact) mass is 252 g/mol. The molecule has 2 aromatic heterocycles. The Labute approximate surface area is 101 Å². The highest BCUT2D eigenvalue weighted by Gasteiger charge is 2.07. The smallest absolute Gasteiger partial charge is 0.346 e. The van der Waals surface area contributed by atoms with Gasteiger partial charge in [-0.3, -0.25) is 9.36 Å². The van der Waals surface area contributed by atoms with Gasteiger partial charge in [-0.25, -0.2) is 9.48 Å². The topological polar surface area (TPSA) is 68.9 Å². The molecule has 0 spiro atoms. The summed E-state index contributed by atoms with van der Waals surface area (Å²) >= 11 is 1.59. The summed E-state index contributed by atoms with van der Waals surface area (Å²) < 4.78 is 2.17. The first-order valence-corrected chi connectivity index (χ1v) is 5.93. The van der Waals surface area contributed by atoms with E-state index in [-0.39, 0.29) is 5.82 Å². The van der Waals surface area contributed by atoms with Crippen molar-refractivity contribution in [1.82, 2.24) is 14.3 Å². The van der Waals surface area contributed by atoms with Gasteiger partial charge in [0.1, 0.15) is 0 Å². The van der Waals surface area contributed by atoms with Crippen molar-refractivity contribution in [3.05, 3.63) is 43.2 Å². The van der Waals surface area contributed by atoms with Gasteiger partial charge in [-0.15, -0.1) is 5.10 Å². The molecule has 0 aromatic carbocycles. The fourth-order valence-electron chi connectivity index (χ4n) is 1.39. The molecule has 2 aromatic rings. The van der Waals surface area contributed by atoms with E-state index in [1.165, 1.54) is 14.1 Å². The van der Waals surface area contributed by atoms with Crippen LogP contribution in [-0.2, 0) is 20.6 Å². The highest BCUT2D eigenvalue weighted by molar-refractivity contribution is 7.07. The first kappa shape index (κ1) is 11.6. The summed E-state index contributed by atoms with van der Waals surface area (Å²) in [7, 11) is 2.94. The molecule has 0 aliphatic heterocycles. The number of nitrogens with zero attached hydrogens (tertiary/aromatic N) is 3. The predicted molar refractivity (Wildman–Crippen MR) is 66.4 cm³/mol. The van der Waals surface area contributed by atoms with Crippen LogP contribution in [0.1, 0.15) is 5.56 Å². The molecule has 2 rings (SSSR count). The molecule has 7 heteroatoms. The van der Waals surface area contributed by atoms with Gasteiger partial charge in [0.25, 0.3) is 5.56 Å². The Morgan fingerprint density at radius 3 is 2.82 bits per heavy atom. The number of nitrogens with one attached hydrogen (secondary N) is 1. The van der Waals surface area contributed by atoms with Crippen molar-refractivity contribution in [2.24, 2.45) is 14.1 Å². The van der Waals surface area contributed by atoms with Crippen molar-refractivity contribution in [3.63, 3.8) is 0 Å². The lowest BCUT2D eigenvalue weighted by atomic mass is 10.3. The Kier molecular flexibility index (Phi) is 3.10. The molecular formula is C10H12N4O2S. The Morgan fingerprint density at radius 2 is 2.18 bits per heavy atom. The van der Waals surface area contributed by atoms with Gasteiger partial charge in [0, 0.05) is 20.6 Å². The highest BCUT2D eigenvalue weighted by Crippen LogP contribution is 2.06. The molecule has 0 radical (unpaired) electrons. The zero-order chi connectivity index (χ0) is 12.4. The van der Waals surface area contributed by atoms with Crippen LogP contribution in [0, 0.1) is 0 Å². The molecule has 0 amide bonds. The first-order valence-electron chi connectivity index (χ1n) is 4.99. The summed E-state index contributed by atoms with van der Waals surface area (Å²) in [5, 5.41) is 10.8. The summed E-state index contributed by atoms with van der Waals surface area (Å²) in [5.74, 6) is 0.181. The lowest BCUT2D eigenvalue weighted by Crippen LogP contribution is -2.39. The molecule has 0 atom stereocenters. The van der Waals surface area contributed by atoms with Gasteiger partial charge in [-0.2, -0.15) is 11.3 Å². The van der Waals surface area contributed by atoms with Crippen LogP contribution in [0.2, 0.25) is 0 Å². The maximum absolute atomic E-state index is 11.7. The van der Waals surface area contributed by atoms with E-state index < -0.39 is 11.2 Å². The van der Waals surface area contributed by atoms with E-state index in [9.17, 15) is 9.59 Å². The molecule has 0 aliphatic rings. The molecule has 0 fully saturated rings. The number of anilines is 1. The molecule has 90 valence electrons. The SMILES string of the molecule is Cn1nc(NCc2ccsc2)c(=O)n(C)c1=O. The predicted octanol–water partition coefficient (Wildman–Crippen LogP) is 0.153. The van der Waals surface area contributed by atoms with Gasteiger partial charge in [0.2, 0.25) is 5.82 Å². The van der Waals surface area contributed by atoms with Crippen LogP contribution in [-0.4, -0.2) is 14.3 Å². The molecule has 6 nitrogen and oxygen atoms in total. The molecule has 17 heavy (non-hydrogen) atoms. The minimum Gasteiger partial charge on any atom is -0.360 e. The fourth-order valence-corrected chi connectivity index (χ4v) is 2.06. The van der Waals surface area contributed by atoms with Crippen LogP contribution >= 0.6 is 11.3 Å². The summed E-state index contributed by atoms with van der Waals surface area (Å²) in [6.45, 7) is 0.518. The molecule has 0 bridgehead atoms. The molecule has 0 saturated heterocycles. The van der Waals surface area contributed by atoms with Gasteiger partial charge >= 0.3 is 5.69 Å². The van der Waals surface area contributed by atoms with Crippen molar-refractivity contribution in [3.8, 4) is 0 Å². The van der Waals surface area contributed by atoms with E-state index >= 15 is 0 Å². The van der Waals surface area contributed by atoms with Crippen LogP contribution in [0.3, 0.4) is 0 Å². The Hall–Kier alpha value is -1.89. The van der Waals surface area contributed by atoms with Crippen molar-refractivity contribution >= 4 is 17.2 Å². The standard InChI is InChI=1S/C10H12N4O2S/c1-13-9(15)8(12-14(2)10(13)16)11-5-7-3-4-17-6-7/h3-4,6H,5H2,1-2H3,(H,11,12). The van der Waals surface area contributed by atoms with E-state index in [2.05, 4.69) is 10.4 Å². The molecule has 0 unspecified atom stereocenters. The molecule has 2 heterocycles. The third-order valence-corrected chi connectivity index (χ3v) is 3.09. The van der Waals surface area contributed by atoms with Crippen LogP contribution in [0.5, 0.6) is 0 Å². The van der Waals surface area contributed by atoms with Crippen LogP contribution in [0.25, 0.3) is 0 Å². The van der Waals surface area contributed by atoms with E-state index in [1.807, 2.05) is 16.8 Å². The molecule has 1 N–H and O–H groups in total. The van der Waals surface area contributed by atoms with Crippen LogP contribution in [0.4, 0.5) is 5.82 Å². The number of aromatic nitrogens is 3. The lowest BCUT2D eigenvalue weighted by molar-refractivity contribution is 0.604. The number of aryl methyl sites for hydroxylation is 1. The Balaban J connectivity index is 2.28. The van der Waals surface area contributed by atoms with E-state index in [0.29, 0.717) is 6.54 Å². The molecular weight excluding hydrogens is 240 g/mol.